The van der Waals surface area contributed by atoms with Crippen LogP contribution in [0.25, 0.3) is 0 Å². The van der Waals surface area contributed by atoms with Crippen LogP contribution in [0, 0.1) is 11.3 Å². The van der Waals surface area contributed by atoms with Crippen LogP contribution in [-0.4, -0.2) is 18.3 Å². The SMILES string of the molecule is C[C@H](Oc1cccc(C=O)c1)C(=O)Nc1cccc(C#N)c1. The fraction of sp³-hybridized carbons (Fsp3) is 0.118. The molecule has 0 unspecified atom stereocenters. The number of rotatable bonds is 5. The molecule has 0 saturated heterocycles. The molecule has 22 heavy (non-hydrogen) atoms. The number of benzene rings is 2. The monoisotopic (exact) mass is 294 g/mol. The lowest BCUT2D eigenvalue weighted by molar-refractivity contribution is -0.122. The first-order chi connectivity index (χ1) is 10.6. The lowest BCUT2D eigenvalue weighted by Crippen LogP contribution is -2.30. The first-order valence-corrected chi connectivity index (χ1v) is 6.65. The van der Waals surface area contributed by atoms with E-state index >= 15 is 0 Å². The van der Waals surface area contributed by atoms with Gasteiger partial charge in [-0.2, -0.15) is 5.26 Å². The zero-order valence-electron chi connectivity index (χ0n) is 11.9. The Bertz CT molecular complexity index is 735. The maximum atomic E-state index is 12.1. The second-order valence-electron chi connectivity index (χ2n) is 4.63. The van der Waals surface area contributed by atoms with E-state index in [9.17, 15) is 9.59 Å². The van der Waals surface area contributed by atoms with Crippen LogP contribution in [0.2, 0.25) is 0 Å². The second kappa shape index (κ2) is 7.04. The van der Waals surface area contributed by atoms with Crippen LogP contribution in [0.3, 0.4) is 0 Å². The molecule has 0 aromatic heterocycles. The molecule has 5 nitrogen and oxygen atoms in total. The number of aldehydes is 1. The highest BCUT2D eigenvalue weighted by atomic mass is 16.5. The van der Waals surface area contributed by atoms with Gasteiger partial charge in [-0.1, -0.05) is 18.2 Å². The van der Waals surface area contributed by atoms with Crippen molar-refractivity contribution in [2.24, 2.45) is 0 Å². The summed E-state index contributed by atoms with van der Waals surface area (Å²) in [6, 6.07) is 15.2. The van der Waals surface area contributed by atoms with E-state index in [0.717, 1.165) is 0 Å². The summed E-state index contributed by atoms with van der Waals surface area (Å²) in [5.74, 6) is 0.102. The Kier molecular flexibility index (Phi) is 4.89. The standard InChI is InChI=1S/C17H14N2O3/c1-12(22-16-7-3-5-14(9-16)11-20)17(21)19-15-6-2-4-13(8-15)10-18/h2-9,11-12H,1H3,(H,19,21)/t12-/m0/s1. The third kappa shape index (κ3) is 3.93. The molecule has 0 saturated carbocycles. The zero-order chi connectivity index (χ0) is 15.9. The van der Waals surface area contributed by atoms with Gasteiger partial charge in [-0.05, 0) is 37.3 Å². The van der Waals surface area contributed by atoms with Gasteiger partial charge in [0.1, 0.15) is 12.0 Å². The molecule has 0 aliphatic heterocycles. The minimum absolute atomic E-state index is 0.341. The molecule has 1 atom stereocenters. The van der Waals surface area contributed by atoms with Gasteiger partial charge in [-0.25, -0.2) is 0 Å². The molecule has 1 amide bonds. The van der Waals surface area contributed by atoms with Crippen molar-refractivity contribution in [3.63, 3.8) is 0 Å². The summed E-state index contributed by atoms with van der Waals surface area (Å²) in [6.45, 7) is 1.61. The number of ether oxygens (including phenoxy) is 1. The minimum Gasteiger partial charge on any atom is -0.481 e. The molecule has 0 radical (unpaired) electrons. The topological polar surface area (TPSA) is 79.2 Å². The van der Waals surface area contributed by atoms with E-state index in [0.29, 0.717) is 28.8 Å². The van der Waals surface area contributed by atoms with Crippen LogP contribution < -0.4 is 10.1 Å². The molecule has 0 bridgehead atoms. The van der Waals surface area contributed by atoms with Crippen LogP contribution >= 0.6 is 0 Å². The van der Waals surface area contributed by atoms with E-state index in [1.165, 1.54) is 0 Å². The largest absolute Gasteiger partial charge is 0.481 e. The summed E-state index contributed by atoms with van der Waals surface area (Å²) in [4.78, 5) is 22.8. The molecule has 2 rings (SSSR count). The highest BCUT2D eigenvalue weighted by molar-refractivity contribution is 5.94. The zero-order valence-corrected chi connectivity index (χ0v) is 11.9. The predicted octanol–water partition coefficient (Wildman–Crippen LogP) is 2.78. The van der Waals surface area contributed by atoms with Crippen molar-refractivity contribution in [2.75, 3.05) is 5.32 Å². The summed E-state index contributed by atoms with van der Waals surface area (Å²) >= 11 is 0. The van der Waals surface area contributed by atoms with Crippen molar-refractivity contribution < 1.29 is 14.3 Å². The molecule has 0 aliphatic carbocycles. The molecule has 0 spiro atoms. The molecule has 0 aliphatic rings. The van der Waals surface area contributed by atoms with E-state index in [1.54, 1.807) is 55.5 Å². The van der Waals surface area contributed by atoms with E-state index in [1.807, 2.05) is 6.07 Å². The van der Waals surface area contributed by atoms with Crippen LogP contribution in [0.4, 0.5) is 5.69 Å². The van der Waals surface area contributed by atoms with Gasteiger partial charge in [0.25, 0.3) is 5.91 Å². The smallest absolute Gasteiger partial charge is 0.265 e. The van der Waals surface area contributed by atoms with Crippen molar-refractivity contribution in [1.82, 2.24) is 0 Å². The number of anilines is 1. The van der Waals surface area contributed by atoms with Crippen molar-refractivity contribution in [2.45, 2.75) is 13.0 Å². The van der Waals surface area contributed by atoms with Crippen molar-refractivity contribution in [1.29, 1.82) is 5.26 Å². The van der Waals surface area contributed by atoms with E-state index < -0.39 is 6.10 Å². The highest BCUT2D eigenvalue weighted by Gasteiger charge is 2.15. The van der Waals surface area contributed by atoms with E-state index in [-0.39, 0.29) is 5.91 Å². The summed E-state index contributed by atoms with van der Waals surface area (Å²) in [7, 11) is 0. The molecule has 1 N–H and O–H groups in total. The van der Waals surface area contributed by atoms with E-state index in [4.69, 9.17) is 10.00 Å². The third-order valence-electron chi connectivity index (χ3n) is 2.94. The molecule has 2 aromatic rings. The summed E-state index contributed by atoms with van der Waals surface area (Å²) in [6.07, 6.45) is -0.0296. The lowest BCUT2D eigenvalue weighted by Gasteiger charge is -2.15. The number of carbonyl (C=O) groups is 2. The number of hydrogen-bond acceptors (Lipinski definition) is 4. The number of carbonyl (C=O) groups excluding carboxylic acids is 2. The Hall–Kier alpha value is -3.13. The van der Waals surface area contributed by atoms with Crippen LogP contribution in [0.5, 0.6) is 5.75 Å². The normalized spacial score (nSPS) is 11.1. The Labute approximate surface area is 128 Å². The Morgan fingerprint density at radius 1 is 1.27 bits per heavy atom. The van der Waals surface area contributed by atoms with Gasteiger partial charge in [-0.15, -0.1) is 0 Å². The van der Waals surface area contributed by atoms with Gasteiger partial charge in [0.2, 0.25) is 0 Å². The fourth-order valence-corrected chi connectivity index (χ4v) is 1.83. The summed E-state index contributed by atoms with van der Waals surface area (Å²) in [5, 5.41) is 11.5. The molecule has 2 aromatic carbocycles. The first kappa shape index (κ1) is 15.3. The average molecular weight is 294 g/mol. The summed E-state index contributed by atoms with van der Waals surface area (Å²) in [5.41, 5.74) is 1.47. The van der Waals surface area contributed by atoms with E-state index in [2.05, 4.69) is 5.32 Å². The Morgan fingerprint density at radius 2 is 2.05 bits per heavy atom. The third-order valence-corrected chi connectivity index (χ3v) is 2.94. The Balaban J connectivity index is 2.02. The van der Waals surface area contributed by atoms with Gasteiger partial charge in [0, 0.05) is 11.3 Å². The first-order valence-electron chi connectivity index (χ1n) is 6.65. The average Bonchev–Trinajstić information content (AvgIpc) is 2.55. The lowest BCUT2D eigenvalue weighted by atomic mass is 10.2. The van der Waals surface area contributed by atoms with Crippen molar-refractivity contribution in [3.8, 4) is 11.8 Å². The minimum atomic E-state index is -0.743. The maximum absolute atomic E-state index is 12.1. The molecule has 0 heterocycles. The molecule has 110 valence electrons. The summed E-state index contributed by atoms with van der Waals surface area (Å²) < 4.78 is 5.51. The molecular formula is C17H14N2O3. The van der Waals surface area contributed by atoms with Crippen molar-refractivity contribution >= 4 is 17.9 Å². The van der Waals surface area contributed by atoms with Crippen LogP contribution in [0.15, 0.2) is 48.5 Å². The number of nitrogens with zero attached hydrogens (tertiary/aromatic N) is 1. The van der Waals surface area contributed by atoms with Gasteiger partial charge in [0.05, 0.1) is 11.6 Å². The quantitative estimate of drug-likeness (QED) is 0.860. The number of nitrogens with one attached hydrogen (secondary N) is 1. The highest BCUT2D eigenvalue weighted by Crippen LogP contribution is 2.15. The predicted molar refractivity (Wildman–Crippen MR) is 81.7 cm³/mol. The number of amides is 1. The van der Waals surface area contributed by atoms with Gasteiger partial charge < -0.3 is 10.1 Å². The molecule has 0 fully saturated rings. The van der Waals surface area contributed by atoms with Crippen molar-refractivity contribution in [3.05, 3.63) is 59.7 Å². The van der Waals surface area contributed by atoms with Gasteiger partial charge in [0.15, 0.2) is 6.10 Å². The maximum Gasteiger partial charge on any atom is 0.265 e. The Morgan fingerprint density at radius 3 is 2.77 bits per heavy atom. The second-order valence-corrected chi connectivity index (χ2v) is 4.63. The molecular weight excluding hydrogens is 280 g/mol. The molecule has 5 heteroatoms. The van der Waals surface area contributed by atoms with Crippen LogP contribution in [0.1, 0.15) is 22.8 Å². The number of hydrogen-bond donors (Lipinski definition) is 1. The number of nitriles is 1. The van der Waals surface area contributed by atoms with Gasteiger partial charge in [-0.3, -0.25) is 9.59 Å². The fourth-order valence-electron chi connectivity index (χ4n) is 1.83. The van der Waals surface area contributed by atoms with Gasteiger partial charge >= 0.3 is 0 Å². The van der Waals surface area contributed by atoms with Crippen LogP contribution in [-0.2, 0) is 4.79 Å².